The third kappa shape index (κ3) is 2.60. The fourth-order valence-corrected chi connectivity index (χ4v) is 2.68. The fraction of sp³-hybridized carbons (Fsp3) is 0.105. The molecule has 0 fully saturated rings. The Balaban J connectivity index is 1.77. The van der Waals surface area contributed by atoms with Gasteiger partial charge in [-0.15, -0.1) is 0 Å². The van der Waals surface area contributed by atoms with Crippen molar-refractivity contribution in [3.63, 3.8) is 0 Å². The summed E-state index contributed by atoms with van der Waals surface area (Å²) in [5.41, 5.74) is 5.17. The van der Waals surface area contributed by atoms with Crippen molar-refractivity contribution in [3.8, 4) is 5.69 Å². The lowest BCUT2D eigenvalue weighted by atomic mass is 10.2. The maximum absolute atomic E-state index is 4.49. The number of aromatic nitrogens is 4. The number of fused-ring (bicyclic) bond motifs is 1. The zero-order valence-corrected chi connectivity index (χ0v) is 13.6. The van der Waals surface area contributed by atoms with Gasteiger partial charge in [0.2, 0.25) is 0 Å². The first kappa shape index (κ1) is 14.4. The molecule has 0 unspecified atom stereocenters. The first-order chi connectivity index (χ1) is 11.7. The Labute approximate surface area is 140 Å². The predicted octanol–water partition coefficient (Wildman–Crippen LogP) is 4.18. The molecule has 5 nitrogen and oxygen atoms in total. The van der Waals surface area contributed by atoms with Crippen LogP contribution in [0.1, 0.15) is 11.1 Å². The Morgan fingerprint density at radius 3 is 2.54 bits per heavy atom. The van der Waals surface area contributed by atoms with Crippen LogP contribution in [0.5, 0.6) is 0 Å². The summed E-state index contributed by atoms with van der Waals surface area (Å²) in [5, 5.41) is 8.73. The lowest BCUT2D eigenvalue weighted by molar-refractivity contribution is 0.894. The number of hydrogen-bond donors (Lipinski definition) is 1. The minimum absolute atomic E-state index is 0.754. The van der Waals surface area contributed by atoms with Crippen LogP contribution in [0, 0.1) is 13.8 Å². The summed E-state index contributed by atoms with van der Waals surface area (Å²) >= 11 is 0. The predicted molar refractivity (Wildman–Crippen MR) is 95.9 cm³/mol. The number of hydrogen-bond acceptors (Lipinski definition) is 4. The molecular weight excluding hydrogens is 298 g/mol. The van der Waals surface area contributed by atoms with Crippen molar-refractivity contribution < 1.29 is 0 Å². The van der Waals surface area contributed by atoms with Crippen molar-refractivity contribution in [2.24, 2.45) is 0 Å². The molecule has 0 aliphatic rings. The van der Waals surface area contributed by atoms with E-state index in [-0.39, 0.29) is 0 Å². The first-order valence-corrected chi connectivity index (χ1v) is 7.80. The summed E-state index contributed by atoms with van der Waals surface area (Å²) in [5.74, 6) is 0.754. The van der Waals surface area contributed by atoms with Gasteiger partial charge in [-0.2, -0.15) is 5.10 Å². The Morgan fingerprint density at radius 2 is 1.75 bits per heavy atom. The van der Waals surface area contributed by atoms with E-state index in [1.807, 2.05) is 28.9 Å². The molecule has 0 saturated heterocycles. The summed E-state index contributed by atoms with van der Waals surface area (Å²) in [6.45, 7) is 4.13. The molecule has 0 aliphatic heterocycles. The second-order valence-electron chi connectivity index (χ2n) is 5.85. The molecule has 2 aromatic carbocycles. The molecule has 24 heavy (non-hydrogen) atoms. The van der Waals surface area contributed by atoms with E-state index in [0.717, 1.165) is 28.2 Å². The fourth-order valence-electron chi connectivity index (χ4n) is 2.68. The molecule has 0 spiro atoms. The molecule has 1 N–H and O–H groups in total. The standard InChI is InChI=1S/C19H17N5/c1-13-6-8-16(9-7-13)24-19-17(11-22-24)18(20-12-21-19)23-15-5-3-4-14(2)10-15/h3-12H,1-2H3,(H,20,21,23). The van der Waals surface area contributed by atoms with E-state index in [9.17, 15) is 0 Å². The van der Waals surface area contributed by atoms with Crippen LogP contribution in [0.4, 0.5) is 11.5 Å². The van der Waals surface area contributed by atoms with E-state index in [4.69, 9.17) is 0 Å². The van der Waals surface area contributed by atoms with Gasteiger partial charge in [0.25, 0.3) is 0 Å². The number of anilines is 2. The molecular formula is C19H17N5. The van der Waals surface area contributed by atoms with Crippen molar-refractivity contribution >= 4 is 22.5 Å². The van der Waals surface area contributed by atoms with E-state index in [2.05, 4.69) is 58.5 Å². The molecule has 0 radical (unpaired) electrons. The Bertz CT molecular complexity index is 1000. The molecule has 0 atom stereocenters. The highest BCUT2D eigenvalue weighted by molar-refractivity contribution is 5.89. The highest BCUT2D eigenvalue weighted by atomic mass is 15.3. The van der Waals surface area contributed by atoms with Gasteiger partial charge in [-0.25, -0.2) is 14.6 Å². The first-order valence-electron chi connectivity index (χ1n) is 7.80. The van der Waals surface area contributed by atoms with E-state index in [1.165, 1.54) is 11.1 Å². The average Bonchev–Trinajstić information content (AvgIpc) is 3.01. The second kappa shape index (κ2) is 5.77. The van der Waals surface area contributed by atoms with Crippen molar-refractivity contribution in [2.45, 2.75) is 13.8 Å². The van der Waals surface area contributed by atoms with Gasteiger partial charge < -0.3 is 5.32 Å². The molecule has 0 aliphatic carbocycles. The topological polar surface area (TPSA) is 55.6 Å². The van der Waals surface area contributed by atoms with Gasteiger partial charge in [-0.3, -0.25) is 0 Å². The van der Waals surface area contributed by atoms with Crippen LogP contribution in [0.2, 0.25) is 0 Å². The molecule has 0 bridgehead atoms. The van der Waals surface area contributed by atoms with Gasteiger partial charge in [0.15, 0.2) is 5.65 Å². The number of aryl methyl sites for hydroxylation is 2. The van der Waals surface area contributed by atoms with E-state index in [1.54, 1.807) is 12.5 Å². The van der Waals surface area contributed by atoms with Crippen molar-refractivity contribution in [3.05, 3.63) is 72.2 Å². The van der Waals surface area contributed by atoms with Crippen molar-refractivity contribution in [1.29, 1.82) is 0 Å². The normalized spacial score (nSPS) is 10.9. The third-order valence-corrected chi connectivity index (χ3v) is 3.93. The quantitative estimate of drug-likeness (QED) is 0.616. The van der Waals surface area contributed by atoms with E-state index >= 15 is 0 Å². The minimum atomic E-state index is 0.754. The van der Waals surface area contributed by atoms with Crippen molar-refractivity contribution in [2.75, 3.05) is 5.32 Å². The summed E-state index contributed by atoms with van der Waals surface area (Å²) in [6, 6.07) is 16.4. The summed E-state index contributed by atoms with van der Waals surface area (Å²) in [6.07, 6.45) is 3.36. The highest BCUT2D eigenvalue weighted by Gasteiger charge is 2.11. The minimum Gasteiger partial charge on any atom is -0.340 e. The monoisotopic (exact) mass is 315 g/mol. The molecule has 0 saturated carbocycles. The highest BCUT2D eigenvalue weighted by Crippen LogP contribution is 2.24. The Morgan fingerprint density at radius 1 is 0.917 bits per heavy atom. The van der Waals surface area contributed by atoms with Crippen LogP contribution < -0.4 is 5.32 Å². The molecule has 4 aromatic rings. The van der Waals surface area contributed by atoms with Crippen LogP contribution in [-0.4, -0.2) is 19.7 Å². The number of benzene rings is 2. The molecule has 118 valence electrons. The van der Waals surface area contributed by atoms with Gasteiger partial charge in [0.05, 0.1) is 17.3 Å². The van der Waals surface area contributed by atoms with Crippen LogP contribution in [0.25, 0.3) is 16.7 Å². The van der Waals surface area contributed by atoms with Gasteiger partial charge >= 0.3 is 0 Å². The SMILES string of the molecule is Cc1ccc(-n2ncc3c(Nc4cccc(C)c4)ncnc32)cc1. The maximum atomic E-state index is 4.49. The number of rotatable bonds is 3. The van der Waals surface area contributed by atoms with Crippen LogP contribution in [-0.2, 0) is 0 Å². The average molecular weight is 315 g/mol. The lowest BCUT2D eigenvalue weighted by Crippen LogP contribution is -1.99. The van der Waals surface area contributed by atoms with Gasteiger partial charge in [0.1, 0.15) is 12.1 Å². The second-order valence-corrected chi connectivity index (χ2v) is 5.85. The summed E-state index contributed by atoms with van der Waals surface area (Å²) < 4.78 is 1.83. The maximum Gasteiger partial charge on any atom is 0.168 e. The smallest absolute Gasteiger partial charge is 0.168 e. The number of nitrogens with one attached hydrogen (secondary N) is 1. The molecule has 2 aromatic heterocycles. The Hall–Kier alpha value is -3.21. The van der Waals surface area contributed by atoms with Crippen molar-refractivity contribution in [1.82, 2.24) is 19.7 Å². The molecule has 2 heterocycles. The molecule has 4 rings (SSSR count). The zero-order valence-electron chi connectivity index (χ0n) is 13.6. The van der Waals surface area contributed by atoms with Crippen LogP contribution in [0.3, 0.4) is 0 Å². The van der Waals surface area contributed by atoms with Gasteiger partial charge in [-0.05, 0) is 43.7 Å². The summed E-state index contributed by atoms with van der Waals surface area (Å²) in [4.78, 5) is 8.79. The molecule has 0 amide bonds. The van der Waals surface area contributed by atoms with Crippen LogP contribution in [0.15, 0.2) is 61.1 Å². The largest absolute Gasteiger partial charge is 0.340 e. The molecule has 5 heteroatoms. The van der Waals surface area contributed by atoms with Gasteiger partial charge in [0, 0.05) is 5.69 Å². The lowest BCUT2D eigenvalue weighted by Gasteiger charge is -2.07. The van der Waals surface area contributed by atoms with Gasteiger partial charge in [-0.1, -0.05) is 29.8 Å². The van der Waals surface area contributed by atoms with Crippen LogP contribution >= 0.6 is 0 Å². The Kier molecular flexibility index (Phi) is 3.46. The third-order valence-electron chi connectivity index (χ3n) is 3.93. The van der Waals surface area contributed by atoms with E-state index < -0.39 is 0 Å². The summed E-state index contributed by atoms with van der Waals surface area (Å²) in [7, 11) is 0. The zero-order chi connectivity index (χ0) is 16.5. The van der Waals surface area contributed by atoms with E-state index in [0.29, 0.717) is 0 Å². The number of nitrogens with zero attached hydrogens (tertiary/aromatic N) is 4.